The number of hydrogen-bond donors (Lipinski definition) is 1. The molecule has 0 aromatic heterocycles. The number of nitrogens with one attached hydrogen (secondary N) is 1. The molecule has 8 nitrogen and oxygen atoms in total. The van der Waals surface area contributed by atoms with Gasteiger partial charge >= 0.3 is 0 Å². The third-order valence-electron chi connectivity index (χ3n) is 4.68. The van der Waals surface area contributed by atoms with E-state index in [0.29, 0.717) is 30.1 Å². The van der Waals surface area contributed by atoms with Gasteiger partial charge < -0.3 is 15.0 Å². The average molecular weight is 417 g/mol. The molecule has 2 amide bonds. The quantitative estimate of drug-likeness (QED) is 0.800. The summed E-state index contributed by atoms with van der Waals surface area (Å²) in [6.07, 6.45) is 0. The standard InChI is InChI=1S/C20H23N3O5S/c1-15(24)21-17-5-9-19(10-6-17)29(26,27)23-13-11-22(12-14-23)20(25)16-3-7-18(28-2)8-4-16/h3-10H,11-14H2,1-2H3,(H,21,24). The third kappa shape index (κ3) is 4.75. The largest absolute Gasteiger partial charge is 0.497 e. The normalized spacial score (nSPS) is 15.0. The first-order valence-electron chi connectivity index (χ1n) is 9.12. The summed E-state index contributed by atoms with van der Waals surface area (Å²) in [6.45, 7) is 2.45. The molecule has 0 bridgehead atoms. The lowest BCUT2D eigenvalue weighted by Gasteiger charge is -2.34. The molecule has 1 saturated heterocycles. The summed E-state index contributed by atoms with van der Waals surface area (Å²) in [5.41, 5.74) is 1.07. The van der Waals surface area contributed by atoms with Gasteiger partial charge in [-0.05, 0) is 48.5 Å². The second-order valence-corrected chi connectivity index (χ2v) is 8.57. The topological polar surface area (TPSA) is 96.0 Å². The van der Waals surface area contributed by atoms with Gasteiger partial charge in [-0.25, -0.2) is 8.42 Å². The Morgan fingerprint density at radius 1 is 0.931 bits per heavy atom. The van der Waals surface area contributed by atoms with Crippen molar-refractivity contribution >= 4 is 27.5 Å². The van der Waals surface area contributed by atoms with Crippen LogP contribution in [0.4, 0.5) is 5.69 Å². The minimum atomic E-state index is -3.66. The Kier molecular flexibility index (Phi) is 6.19. The summed E-state index contributed by atoms with van der Waals surface area (Å²) in [6, 6.07) is 12.9. The maximum Gasteiger partial charge on any atom is 0.253 e. The van der Waals surface area contributed by atoms with Gasteiger partial charge in [-0.1, -0.05) is 0 Å². The highest BCUT2D eigenvalue weighted by Crippen LogP contribution is 2.21. The van der Waals surface area contributed by atoms with E-state index in [1.54, 1.807) is 48.4 Å². The maximum atomic E-state index is 12.9. The van der Waals surface area contributed by atoms with Crippen molar-refractivity contribution in [2.24, 2.45) is 0 Å². The molecule has 2 aromatic carbocycles. The van der Waals surface area contributed by atoms with Crippen LogP contribution in [0.2, 0.25) is 0 Å². The molecule has 1 aliphatic rings. The number of benzene rings is 2. The van der Waals surface area contributed by atoms with E-state index >= 15 is 0 Å². The number of methoxy groups -OCH3 is 1. The number of ether oxygens (including phenoxy) is 1. The number of carbonyl (C=O) groups is 2. The fourth-order valence-electron chi connectivity index (χ4n) is 3.11. The molecule has 1 heterocycles. The Labute approximate surface area is 170 Å². The number of amides is 2. The molecule has 0 spiro atoms. The molecule has 0 atom stereocenters. The summed E-state index contributed by atoms with van der Waals surface area (Å²) in [5, 5.41) is 2.60. The van der Waals surface area contributed by atoms with Crippen molar-refractivity contribution in [1.29, 1.82) is 0 Å². The Morgan fingerprint density at radius 3 is 2.03 bits per heavy atom. The highest BCUT2D eigenvalue weighted by atomic mass is 32.2. The van der Waals surface area contributed by atoms with E-state index in [2.05, 4.69) is 5.32 Å². The van der Waals surface area contributed by atoms with Crippen LogP contribution in [-0.2, 0) is 14.8 Å². The summed E-state index contributed by atoms with van der Waals surface area (Å²) in [7, 11) is -2.10. The van der Waals surface area contributed by atoms with Crippen LogP contribution in [0.15, 0.2) is 53.4 Å². The van der Waals surface area contributed by atoms with Crippen LogP contribution in [0.1, 0.15) is 17.3 Å². The van der Waals surface area contributed by atoms with Gasteiger partial charge in [0.05, 0.1) is 12.0 Å². The summed E-state index contributed by atoms with van der Waals surface area (Å²) in [4.78, 5) is 25.5. The van der Waals surface area contributed by atoms with E-state index in [9.17, 15) is 18.0 Å². The zero-order valence-electron chi connectivity index (χ0n) is 16.3. The summed E-state index contributed by atoms with van der Waals surface area (Å²) in [5.74, 6) is 0.310. The van der Waals surface area contributed by atoms with Crippen LogP contribution >= 0.6 is 0 Å². The molecule has 0 aliphatic carbocycles. The molecular formula is C20H23N3O5S. The first-order chi connectivity index (χ1) is 13.8. The molecule has 1 N–H and O–H groups in total. The Balaban J connectivity index is 1.64. The molecule has 2 aromatic rings. The van der Waals surface area contributed by atoms with Crippen LogP contribution < -0.4 is 10.1 Å². The first-order valence-corrected chi connectivity index (χ1v) is 10.6. The van der Waals surface area contributed by atoms with E-state index in [-0.39, 0.29) is 29.8 Å². The molecule has 0 radical (unpaired) electrons. The van der Waals surface area contributed by atoms with Crippen LogP contribution in [0.25, 0.3) is 0 Å². The second-order valence-electron chi connectivity index (χ2n) is 6.63. The molecular weight excluding hydrogens is 394 g/mol. The maximum absolute atomic E-state index is 12.9. The van der Waals surface area contributed by atoms with Crippen LogP contribution in [0.3, 0.4) is 0 Å². The summed E-state index contributed by atoms with van der Waals surface area (Å²) >= 11 is 0. The van der Waals surface area contributed by atoms with Gasteiger partial charge in [0.1, 0.15) is 5.75 Å². The Bertz CT molecular complexity index is 980. The first kappa shape index (κ1) is 20.8. The fourth-order valence-corrected chi connectivity index (χ4v) is 4.53. The van der Waals surface area contributed by atoms with Gasteiger partial charge in [0.15, 0.2) is 0 Å². The molecule has 9 heteroatoms. The SMILES string of the molecule is COc1ccc(C(=O)N2CCN(S(=O)(=O)c3ccc(NC(C)=O)cc3)CC2)cc1. The Morgan fingerprint density at radius 2 is 1.52 bits per heavy atom. The number of hydrogen-bond acceptors (Lipinski definition) is 5. The third-order valence-corrected chi connectivity index (χ3v) is 6.59. The van der Waals surface area contributed by atoms with E-state index in [0.717, 1.165) is 0 Å². The van der Waals surface area contributed by atoms with Crippen LogP contribution in [-0.4, -0.2) is 62.7 Å². The smallest absolute Gasteiger partial charge is 0.253 e. The van der Waals surface area contributed by atoms with Crippen molar-refractivity contribution in [1.82, 2.24) is 9.21 Å². The highest BCUT2D eigenvalue weighted by Gasteiger charge is 2.30. The van der Waals surface area contributed by atoms with Crippen molar-refractivity contribution in [3.63, 3.8) is 0 Å². The van der Waals surface area contributed by atoms with Gasteiger partial charge in [-0.3, -0.25) is 9.59 Å². The van der Waals surface area contributed by atoms with E-state index in [4.69, 9.17) is 4.74 Å². The molecule has 0 saturated carbocycles. The van der Waals surface area contributed by atoms with Gasteiger partial charge in [0, 0.05) is 44.4 Å². The number of nitrogens with zero attached hydrogens (tertiary/aromatic N) is 2. The Hall–Kier alpha value is -2.91. The van der Waals surface area contributed by atoms with Gasteiger partial charge in [0.2, 0.25) is 15.9 Å². The van der Waals surface area contributed by atoms with Crippen LogP contribution in [0, 0.1) is 0 Å². The number of anilines is 1. The molecule has 154 valence electrons. The minimum Gasteiger partial charge on any atom is -0.497 e. The van der Waals surface area contributed by atoms with Crippen molar-refractivity contribution < 1.29 is 22.7 Å². The second kappa shape index (κ2) is 8.62. The van der Waals surface area contributed by atoms with E-state index in [1.807, 2.05) is 0 Å². The summed E-state index contributed by atoms with van der Waals surface area (Å²) < 4.78 is 32.2. The molecule has 0 unspecified atom stereocenters. The molecule has 29 heavy (non-hydrogen) atoms. The lowest BCUT2D eigenvalue weighted by Crippen LogP contribution is -2.50. The van der Waals surface area contributed by atoms with Gasteiger partial charge in [-0.2, -0.15) is 4.31 Å². The van der Waals surface area contributed by atoms with E-state index in [1.165, 1.54) is 23.4 Å². The highest BCUT2D eigenvalue weighted by molar-refractivity contribution is 7.89. The van der Waals surface area contributed by atoms with E-state index < -0.39 is 10.0 Å². The number of carbonyl (C=O) groups excluding carboxylic acids is 2. The number of rotatable bonds is 5. The number of piperazine rings is 1. The zero-order chi connectivity index (χ0) is 21.0. The van der Waals surface area contributed by atoms with Crippen molar-refractivity contribution in [3.05, 3.63) is 54.1 Å². The van der Waals surface area contributed by atoms with Gasteiger partial charge in [0.25, 0.3) is 5.91 Å². The van der Waals surface area contributed by atoms with Crippen molar-refractivity contribution in [3.8, 4) is 5.75 Å². The fraction of sp³-hybridized carbons (Fsp3) is 0.300. The molecule has 1 fully saturated rings. The van der Waals surface area contributed by atoms with Crippen LogP contribution in [0.5, 0.6) is 5.75 Å². The zero-order valence-corrected chi connectivity index (χ0v) is 17.1. The monoisotopic (exact) mass is 417 g/mol. The lowest BCUT2D eigenvalue weighted by molar-refractivity contribution is -0.114. The lowest BCUT2D eigenvalue weighted by atomic mass is 10.2. The predicted molar refractivity (Wildman–Crippen MR) is 108 cm³/mol. The predicted octanol–water partition coefficient (Wildman–Crippen LogP) is 1.80. The van der Waals surface area contributed by atoms with Crippen molar-refractivity contribution in [2.75, 3.05) is 38.6 Å². The molecule has 3 rings (SSSR count). The van der Waals surface area contributed by atoms with Crippen molar-refractivity contribution in [2.45, 2.75) is 11.8 Å². The van der Waals surface area contributed by atoms with Gasteiger partial charge in [-0.15, -0.1) is 0 Å². The molecule has 1 aliphatic heterocycles. The number of sulfonamides is 1. The average Bonchev–Trinajstić information content (AvgIpc) is 2.73. The minimum absolute atomic E-state index is 0.135.